The average molecular weight is 374 g/mol. The fourth-order valence-corrected chi connectivity index (χ4v) is 2.87. The highest BCUT2D eigenvalue weighted by Crippen LogP contribution is 2.32. The van der Waals surface area contributed by atoms with Gasteiger partial charge in [0.25, 0.3) is 0 Å². The smallest absolute Gasteiger partial charge is 0.170 e. The minimum atomic E-state index is 0.558. The third-order valence-corrected chi connectivity index (χ3v) is 4.19. The van der Waals surface area contributed by atoms with Gasteiger partial charge in [-0.25, -0.2) is 0 Å². The monoisotopic (exact) mass is 374 g/mol. The number of methoxy groups -OCH3 is 2. The Labute approximate surface area is 158 Å². The second-order valence-electron chi connectivity index (χ2n) is 5.68. The predicted molar refractivity (Wildman–Crippen MR) is 105 cm³/mol. The molecule has 1 heterocycles. The third kappa shape index (κ3) is 4.49. The van der Waals surface area contributed by atoms with Crippen LogP contribution in [0.2, 0.25) is 0 Å². The Morgan fingerprint density at radius 2 is 1.77 bits per heavy atom. The van der Waals surface area contributed by atoms with Crippen molar-refractivity contribution in [3.05, 3.63) is 42.0 Å². The molecule has 0 atom stereocenters. The van der Waals surface area contributed by atoms with Crippen LogP contribution in [0, 0.1) is 0 Å². The summed E-state index contributed by atoms with van der Waals surface area (Å²) in [4.78, 5) is 0. The minimum Gasteiger partial charge on any atom is -0.493 e. The number of benzene rings is 2. The number of anilines is 1. The number of nitrogens with one attached hydrogen (secondary N) is 2. The van der Waals surface area contributed by atoms with Crippen LogP contribution in [0.15, 0.2) is 36.4 Å². The minimum absolute atomic E-state index is 0.558. The number of hydrogen-bond acceptors (Lipinski definition) is 5. The summed E-state index contributed by atoms with van der Waals surface area (Å²) in [6.45, 7) is 1.84. The predicted octanol–water partition coefficient (Wildman–Crippen LogP) is 3.00. The summed E-state index contributed by atoms with van der Waals surface area (Å²) in [6, 6.07) is 11.6. The van der Waals surface area contributed by atoms with Gasteiger partial charge in [-0.2, -0.15) is 0 Å². The molecule has 2 aromatic rings. The van der Waals surface area contributed by atoms with Crippen molar-refractivity contribution in [2.45, 2.75) is 6.42 Å². The van der Waals surface area contributed by atoms with Crippen molar-refractivity contribution in [3.8, 4) is 23.0 Å². The molecule has 3 rings (SSSR count). The maximum Gasteiger partial charge on any atom is 0.170 e. The molecule has 1 aliphatic rings. The number of fused-ring (bicyclic) bond motifs is 1. The molecule has 0 bridgehead atoms. The van der Waals surface area contributed by atoms with Crippen molar-refractivity contribution in [1.82, 2.24) is 5.32 Å². The zero-order valence-electron chi connectivity index (χ0n) is 14.8. The van der Waals surface area contributed by atoms with Crippen LogP contribution in [0.1, 0.15) is 5.56 Å². The Morgan fingerprint density at radius 1 is 1.00 bits per heavy atom. The highest BCUT2D eigenvalue weighted by Gasteiger charge is 2.12. The first-order valence-electron chi connectivity index (χ1n) is 8.35. The van der Waals surface area contributed by atoms with E-state index >= 15 is 0 Å². The van der Waals surface area contributed by atoms with E-state index in [0.29, 0.717) is 24.9 Å². The van der Waals surface area contributed by atoms with Crippen LogP contribution in [0.4, 0.5) is 5.69 Å². The topological polar surface area (TPSA) is 61.0 Å². The molecular weight excluding hydrogens is 352 g/mol. The number of ether oxygens (including phenoxy) is 4. The summed E-state index contributed by atoms with van der Waals surface area (Å²) in [7, 11) is 3.26. The van der Waals surface area contributed by atoms with E-state index in [4.69, 9.17) is 31.2 Å². The third-order valence-electron chi connectivity index (χ3n) is 3.95. The van der Waals surface area contributed by atoms with Crippen LogP contribution in [0.25, 0.3) is 0 Å². The van der Waals surface area contributed by atoms with Gasteiger partial charge in [-0.05, 0) is 48.5 Å². The lowest BCUT2D eigenvalue weighted by Gasteiger charge is -2.19. The zero-order valence-corrected chi connectivity index (χ0v) is 15.7. The first kappa shape index (κ1) is 18.1. The van der Waals surface area contributed by atoms with E-state index in [1.54, 1.807) is 14.2 Å². The Hall–Kier alpha value is -2.67. The van der Waals surface area contributed by atoms with E-state index in [1.807, 2.05) is 36.4 Å². The largest absolute Gasteiger partial charge is 0.493 e. The molecule has 0 aromatic heterocycles. The lowest BCUT2D eigenvalue weighted by Crippen LogP contribution is -2.30. The van der Waals surface area contributed by atoms with Crippen LogP contribution < -0.4 is 29.6 Å². The van der Waals surface area contributed by atoms with Gasteiger partial charge in [-0.15, -0.1) is 0 Å². The van der Waals surface area contributed by atoms with Crippen LogP contribution in [-0.4, -0.2) is 39.1 Å². The Balaban J connectivity index is 1.50. The highest BCUT2D eigenvalue weighted by atomic mass is 32.1. The van der Waals surface area contributed by atoms with Crippen LogP contribution in [0.3, 0.4) is 0 Å². The fraction of sp³-hybridized carbons (Fsp3) is 0.316. The summed E-state index contributed by atoms with van der Waals surface area (Å²) in [5, 5.41) is 6.92. The molecule has 0 amide bonds. The number of hydrogen-bond donors (Lipinski definition) is 2. The van der Waals surface area contributed by atoms with Gasteiger partial charge in [-0.3, -0.25) is 0 Å². The van der Waals surface area contributed by atoms with Crippen molar-refractivity contribution < 1.29 is 18.9 Å². The van der Waals surface area contributed by atoms with Crippen LogP contribution in [0.5, 0.6) is 23.0 Å². The first-order valence-corrected chi connectivity index (χ1v) is 8.76. The van der Waals surface area contributed by atoms with E-state index in [2.05, 4.69) is 10.6 Å². The standard InChI is InChI=1S/C19H22N2O4S/c1-22-15-5-3-13(11-17(15)23-2)7-8-20-19(26)21-14-4-6-16-18(12-14)25-10-9-24-16/h3-6,11-12H,7-10H2,1-2H3,(H2,20,21,26). The van der Waals surface area contributed by atoms with E-state index in [1.165, 1.54) is 0 Å². The molecule has 6 nitrogen and oxygen atoms in total. The van der Waals surface area contributed by atoms with Gasteiger partial charge in [-0.1, -0.05) is 6.07 Å². The summed E-state index contributed by atoms with van der Waals surface area (Å²) >= 11 is 5.36. The number of thiocarbonyl (C=S) groups is 1. The maximum atomic E-state index is 5.57. The van der Waals surface area contributed by atoms with Crippen LogP contribution in [-0.2, 0) is 6.42 Å². The lowest BCUT2D eigenvalue weighted by molar-refractivity contribution is 0.171. The molecule has 0 radical (unpaired) electrons. The van der Waals surface area contributed by atoms with Crippen molar-refractivity contribution in [3.63, 3.8) is 0 Å². The Bertz CT molecular complexity index is 782. The number of rotatable bonds is 6. The van der Waals surface area contributed by atoms with Gasteiger partial charge < -0.3 is 29.6 Å². The van der Waals surface area contributed by atoms with Gasteiger partial charge in [0.15, 0.2) is 28.1 Å². The van der Waals surface area contributed by atoms with Gasteiger partial charge in [0.1, 0.15) is 13.2 Å². The van der Waals surface area contributed by atoms with Gasteiger partial charge in [0, 0.05) is 18.3 Å². The normalized spacial score (nSPS) is 12.2. The summed E-state index contributed by atoms with van der Waals surface area (Å²) in [5.41, 5.74) is 2.00. The first-order chi connectivity index (χ1) is 12.7. The zero-order chi connectivity index (χ0) is 18.4. The molecule has 0 saturated carbocycles. The molecule has 7 heteroatoms. The SMILES string of the molecule is COc1ccc(CCNC(=S)Nc2ccc3c(c2)OCCO3)cc1OC. The van der Waals surface area contributed by atoms with E-state index in [9.17, 15) is 0 Å². The van der Waals surface area contributed by atoms with Crippen molar-refractivity contribution >= 4 is 23.0 Å². The molecule has 0 aliphatic carbocycles. The molecule has 26 heavy (non-hydrogen) atoms. The van der Waals surface area contributed by atoms with Crippen molar-refractivity contribution in [1.29, 1.82) is 0 Å². The highest BCUT2D eigenvalue weighted by molar-refractivity contribution is 7.80. The Morgan fingerprint density at radius 3 is 2.54 bits per heavy atom. The second kappa shape index (κ2) is 8.62. The summed E-state index contributed by atoms with van der Waals surface area (Å²) in [6.07, 6.45) is 0.809. The fourth-order valence-electron chi connectivity index (χ4n) is 2.65. The molecule has 138 valence electrons. The summed E-state index contributed by atoms with van der Waals surface area (Å²) < 4.78 is 21.7. The van der Waals surface area contributed by atoms with E-state index in [0.717, 1.165) is 40.7 Å². The molecule has 0 unspecified atom stereocenters. The molecule has 1 aliphatic heterocycles. The van der Waals surface area contributed by atoms with Crippen molar-refractivity contribution in [2.75, 3.05) is 39.3 Å². The molecule has 0 fully saturated rings. The van der Waals surface area contributed by atoms with Crippen LogP contribution >= 0.6 is 12.2 Å². The van der Waals surface area contributed by atoms with Gasteiger partial charge in [0.2, 0.25) is 0 Å². The Kier molecular flexibility index (Phi) is 6.01. The molecule has 2 aromatic carbocycles. The van der Waals surface area contributed by atoms with E-state index < -0.39 is 0 Å². The lowest BCUT2D eigenvalue weighted by atomic mass is 10.1. The molecule has 0 spiro atoms. The molecular formula is C19H22N2O4S. The van der Waals surface area contributed by atoms with Crippen molar-refractivity contribution in [2.24, 2.45) is 0 Å². The molecule has 0 saturated heterocycles. The van der Waals surface area contributed by atoms with Gasteiger partial charge >= 0.3 is 0 Å². The maximum absolute atomic E-state index is 5.57. The quantitative estimate of drug-likeness (QED) is 0.754. The average Bonchev–Trinajstić information content (AvgIpc) is 2.67. The second-order valence-corrected chi connectivity index (χ2v) is 6.09. The van der Waals surface area contributed by atoms with E-state index in [-0.39, 0.29) is 0 Å². The summed E-state index contributed by atoms with van der Waals surface area (Å²) in [5.74, 6) is 2.94. The van der Waals surface area contributed by atoms with Gasteiger partial charge in [0.05, 0.1) is 14.2 Å². The molecule has 2 N–H and O–H groups in total.